The molecule has 0 N–H and O–H groups in total. The number of halogens is 2. The van der Waals surface area contributed by atoms with E-state index in [9.17, 15) is 0 Å². The highest BCUT2D eigenvalue weighted by molar-refractivity contribution is 9.11. The molecule has 0 fully saturated rings. The van der Waals surface area contributed by atoms with Gasteiger partial charge in [0.1, 0.15) is 0 Å². The van der Waals surface area contributed by atoms with Gasteiger partial charge < -0.3 is 0 Å². The van der Waals surface area contributed by atoms with Crippen molar-refractivity contribution in [2.75, 3.05) is 0 Å². The van der Waals surface area contributed by atoms with Crippen molar-refractivity contribution >= 4 is 27.5 Å². The first kappa shape index (κ1) is 6.25. The Morgan fingerprint density at radius 3 is 2.33 bits per heavy atom. The Kier molecular flexibility index (Phi) is 3.58. The van der Waals surface area contributed by atoms with Gasteiger partial charge in [-0.2, -0.15) is 0 Å². The monoisotopic (exact) mass is 166 g/mol. The molecule has 0 unspecified atom stereocenters. The summed E-state index contributed by atoms with van der Waals surface area (Å²) < 4.78 is 0. The third kappa shape index (κ3) is 2.49. The Morgan fingerprint density at radius 2 is 2.33 bits per heavy atom. The van der Waals surface area contributed by atoms with Crippen molar-refractivity contribution in [2.24, 2.45) is 0 Å². The minimum atomic E-state index is 0.620. The molecule has 0 aliphatic heterocycles. The van der Waals surface area contributed by atoms with Crippen LogP contribution in [0.15, 0.2) is 22.7 Å². The maximum Gasteiger partial charge on any atom is 0.0469 e. The minimum absolute atomic E-state index is 0.620. The zero-order chi connectivity index (χ0) is 4.99. The summed E-state index contributed by atoms with van der Waals surface area (Å²) in [7, 11) is 0. The fraction of sp³-hybridized carbons (Fsp3) is 0. The molecule has 0 bridgehead atoms. The van der Waals surface area contributed by atoms with Gasteiger partial charge in [-0.25, -0.2) is 0 Å². The largest absolute Gasteiger partial charge is 0.0976 e. The van der Waals surface area contributed by atoms with Gasteiger partial charge in [-0.15, -0.1) is 0 Å². The topological polar surface area (TPSA) is 0 Å². The Morgan fingerprint density at radius 1 is 1.83 bits per heavy atom. The predicted octanol–water partition coefficient (Wildman–Crippen LogP) is 2.65. The molecule has 0 aromatic rings. The molecular weight excluding hydrogens is 163 g/mol. The van der Waals surface area contributed by atoms with Crippen LogP contribution in [0.4, 0.5) is 0 Å². The molecule has 0 aromatic heterocycles. The van der Waals surface area contributed by atoms with Gasteiger partial charge in [-0.05, 0) is 4.99 Å². The lowest BCUT2D eigenvalue weighted by atomic mass is 10.6. The van der Waals surface area contributed by atoms with E-state index in [2.05, 4.69) is 22.5 Å². The molecule has 2 heteroatoms. The fourth-order valence-corrected chi connectivity index (χ4v) is 0.231. The molecule has 0 aliphatic rings. The summed E-state index contributed by atoms with van der Waals surface area (Å²) in [6, 6.07) is 0. The highest BCUT2D eigenvalue weighted by Gasteiger charge is 1.71. The average molecular weight is 167 g/mol. The van der Waals surface area contributed by atoms with E-state index in [1.165, 1.54) is 0 Å². The molecule has 0 aliphatic carbocycles. The normalized spacial score (nSPS) is 11.3. The van der Waals surface area contributed by atoms with E-state index in [-0.39, 0.29) is 0 Å². The van der Waals surface area contributed by atoms with Crippen LogP contribution < -0.4 is 0 Å². The summed E-state index contributed by atoms with van der Waals surface area (Å²) in [5, 5.41) is 0.620. The Bertz CT molecular complexity index is 75.6. The Hall–Kier alpha value is 0.250. The molecule has 0 aromatic carbocycles. The zero-order valence-corrected chi connectivity index (χ0v) is 5.46. The van der Waals surface area contributed by atoms with Crippen molar-refractivity contribution in [1.82, 2.24) is 0 Å². The molecule has 0 heterocycles. The van der Waals surface area contributed by atoms with E-state index in [1.54, 1.807) is 11.1 Å². The van der Waals surface area contributed by atoms with Crippen LogP contribution in [0.1, 0.15) is 0 Å². The summed E-state index contributed by atoms with van der Waals surface area (Å²) in [6.45, 7) is 3.40. The van der Waals surface area contributed by atoms with Crippen LogP contribution in [0.3, 0.4) is 0 Å². The van der Waals surface area contributed by atoms with Crippen molar-refractivity contribution in [3.05, 3.63) is 22.7 Å². The molecule has 0 nitrogen and oxygen atoms in total. The third-order valence-electron chi connectivity index (χ3n) is 0.299. The van der Waals surface area contributed by atoms with Crippen LogP contribution in [0.2, 0.25) is 0 Å². The summed E-state index contributed by atoms with van der Waals surface area (Å²) in [6.07, 6.45) is 1.55. The van der Waals surface area contributed by atoms with Gasteiger partial charge >= 0.3 is 0 Å². The van der Waals surface area contributed by atoms with E-state index in [0.717, 1.165) is 0 Å². The summed E-state index contributed by atoms with van der Waals surface area (Å²) >= 11 is 8.36. The molecule has 0 radical (unpaired) electrons. The maximum absolute atomic E-state index is 5.35. The summed E-state index contributed by atoms with van der Waals surface area (Å²) in [5.41, 5.74) is 0. The van der Waals surface area contributed by atoms with Crippen molar-refractivity contribution in [3.63, 3.8) is 0 Å². The molecule has 0 spiro atoms. The number of allylic oxidation sites excluding steroid dienone is 2. The molecule has 0 atom stereocenters. The van der Waals surface area contributed by atoms with Gasteiger partial charge in [0.2, 0.25) is 0 Å². The van der Waals surface area contributed by atoms with Crippen LogP contribution in [0.25, 0.3) is 0 Å². The van der Waals surface area contributed by atoms with E-state index < -0.39 is 0 Å². The minimum Gasteiger partial charge on any atom is -0.0976 e. The number of hydrogen-bond donors (Lipinski definition) is 0. The Balaban J connectivity index is 3.50. The number of rotatable bonds is 1. The summed E-state index contributed by atoms with van der Waals surface area (Å²) in [4.78, 5) is 1.60. The van der Waals surface area contributed by atoms with Gasteiger partial charge in [0.05, 0.1) is 0 Å². The first-order valence-corrected chi connectivity index (χ1v) is 2.69. The van der Waals surface area contributed by atoms with Gasteiger partial charge in [0.25, 0.3) is 0 Å². The first-order valence-electron chi connectivity index (χ1n) is 1.39. The Labute approximate surface area is 50.6 Å². The van der Waals surface area contributed by atoms with Crippen LogP contribution in [-0.2, 0) is 0 Å². The standard InChI is InChI=1S/C4H4BrCl/c1-2-4(6)3-5/h2-3H,1H2/b4-3+. The first-order chi connectivity index (χ1) is 2.81. The second-order valence-corrected chi connectivity index (χ2v) is 1.59. The molecule has 0 amide bonds. The lowest BCUT2D eigenvalue weighted by molar-refractivity contribution is 2.02. The zero-order valence-electron chi connectivity index (χ0n) is 3.12. The van der Waals surface area contributed by atoms with E-state index in [0.29, 0.717) is 5.03 Å². The fourth-order valence-electron chi connectivity index (χ4n) is 0.0445. The maximum atomic E-state index is 5.35. The molecule has 6 heavy (non-hydrogen) atoms. The summed E-state index contributed by atoms with van der Waals surface area (Å²) in [5.74, 6) is 0. The van der Waals surface area contributed by atoms with Gasteiger partial charge in [0, 0.05) is 5.03 Å². The van der Waals surface area contributed by atoms with Crippen molar-refractivity contribution < 1.29 is 0 Å². The van der Waals surface area contributed by atoms with Gasteiger partial charge in [-0.1, -0.05) is 40.2 Å². The van der Waals surface area contributed by atoms with Crippen molar-refractivity contribution in [1.29, 1.82) is 0 Å². The van der Waals surface area contributed by atoms with E-state index >= 15 is 0 Å². The van der Waals surface area contributed by atoms with Crippen LogP contribution in [0.5, 0.6) is 0 Å². The van der Waals surface area contributed by atoms with Crippen LogP contribution in [0, 0.1) is 0 Å². The molecular formula is C4H4BrCl. The molecule has 0 saturated carbocycles. The van der Waals surface area contributed by atoms with E-state index in [4.69, 9.17) is 11.6 Å². The van der Waals surface area contributed by atoms with Gasteiger partial charge in [0.15, 0.2) is 0 Å². The van der Waals surface area contributed by atoms with Crippen molar-refractivity contribution in [2.45, 2.75) is 0 Å². The highest BCUT2D eigenvalue weighted by atomic mass is 79.9. The average Bonchev–Trinajstić information content (AvgIpc) is 1.65. The molecule has 0 saturated heterocycles. The van der Waals surface area contributed by atoms with E-state index in [1.807, 2.05) is 0 Å². The lowest BCUT2D eigenvalue weighted by Gasteiger charge is -1.73. The predicted molar refractivity (Wildman–Crippen MR) is 33.1 cm³/mol. The smallest absolute Gasteiger partial charge is 0.0469 e. The third-order valence-corrected chi connectivity index (χ3v) is 1.32. The number of hydrogen-bond acceptors (Lipinski definition) is 0. The SMILES string of the molecule is C=C/C(Cl)=C\Br. The molecule has 34 valence electrons. The van der Waals surface area contributed by atoms with Crippen molar-refractivity contribution in [3.8, 4) is 0 Å². The highest BCUT2D eigenvalue weighted by Crippen LogP contribution is 2.02. The van der Waals surface area contributed by atoms with Gasteiger partial charge in [-0.3, -0.25) is 0 Å². The molecule has 0 rings (SSSR count). The second-order valence-electron chi connectivity index (χ2n) is 0.698. The lowest BCUT2D eigenvalue weighted by Crippen LogP contribution is -1.48. The van der Waals surface area contributed by atoms with Crippen LogP contribution in [-0.4, -0.2) is 0 Å². The quantitative estimate of drug-likeness (QED) is 0.527. The second kappa shape index (κ2) is 3.44. The van der Waals surface area contributed by atoms with Crippen LogP contribution >= 0.6 is 27.5 Å².